The number of anilines is 1. The molecule has 0 bridgehead atoms. The minimum absolute atomic E-state index is 0.119. The van der Waals surface area contributed by atoms with Gasteiger partial charge in [0.25, 0.3) is 15.9 Å². The Bertz CT molecular complexity index is 1170. The molecule has 1 fully saturated rings. The predicted octanol–water partition coefficient (Wildman–Crippen LogP) is 3.58. The van der Waals surface area contributed by atoms with Gasteiger partial charge in [0.05, 0.1) is 12.0 Å². The van der Waals surface area contributed by atoms with Gasteiger partial charge in [-0.2, -0.15) is 0 Å². The molecular weight excluding hydrogens is 418 g/mol. The number of carbonyl (C=O) groups excluding carboxylic acids is 1. The molecule has 8 nitrogen and oxygen atoms in total. The Morgan fingerprint density at radius 2 is 1.68 bits per heavy atom. The molecule has 1 aliphatic carbocycles. The van der Waals surface area contributed by atoms with Gasteiger partial charge >= 0.3 is 0 Å². The van der Waals surface area contributed by atoms with Crippen LogP contribution in [0.4, 0.5) is 5.69 Å². The summed E-state index contributed by atoms with van der Waals surface area (Å²) in [6.45, 7) is 0. The van der Waals surface area contributed by atoms with E-state index in [1.807, 2.05) is 0 Å². The summed E-state index contributed by atoms with van der Waals surface area (Å²) in [6, 6.07) is 16.0. The van der Waals surface area contributed by atoms with Crippen molar-refractivity contribution in [3.05, 3.63) is 72.4 Å². The fourth-order valence-corrected chi connectivity index (χ4v) is 3.87. The fourth-order valence-electron chi connectivity index (χ4n) is 2.81. The summed E-state index contributed by atoms with van der Waals surface area (Å²) < 4.78 is 38.4. The average molecular weight is 439 g/mol. The van der Waals surface area contributed by atoms with Crippen LogP contribution in [0.15, 0.2) is 71.8 Å². The molecule has 3 aromatic rings. The van der Waals surface area contributed by atoms with Crippen LogP contribution in [0, 0.1) is 0 Å². The standard InChI is InChI=1S/C22H21N3O5S/c1-29-17-10-12-19(13-11-17)31(27,28)25-16-6-8-18(9-7-16)30-22-20(3-2-14-23-22)21(26)24-15-4-5-15/h2-3,6-15,25H,4-5H2,1H3,(H,24,26). The molecule has 9 heteroatoms. The van der Waals surface area contributed by atoms with Gasteiger partial charge in [-0.1, -0.05) is 0 Å². The molecule has 0 atom stereocenters. The van der Waals surface area contributed by atoms with Crippen LogP contribution in [0.1, 0.15) is 23.2 Å². The molecule has 1 amide bonds. The number of ether oxygens (including phenoxy) is 2. The molecule has 2 N–H and O–H groups in total. The summed E-state index contributed by atoms with van der Waals surface area (Å²) in [6.07, 6.45) is 3.51. The van der Waals surface area contributed by atoms with Crippen LogP contribution in [0.25, 0.3) is 0 Å². The van der Waals surface area contributed by atoms with Crippen LogP contribution < -0.4 is 19.5 Å². The smallest absolute Gasteiger partial charge is 0.261 e. The second-order valence-corrected chi connectivity index (χ2v) is 8.69. The maximum absolute atomic E-state index is 12.6. The van der Waals surface area contributed by atoms with Crippen molar-refractivity contribution in [2.24, 2.45) is 0 Å². The SMILES string of the molecule is COc1ccc(S(=O)(=O)Nc2ccc(Oc3ncccc3C(=O)NC3CC3)cc2)cc1. The number of amides is 1. The molecule has 4 rings (SSSR count). The van der Waals surface area contributed by atoms with Gasteiger partial charge in [-0.25, -0.2) is 13.4 Å². The first-order chi connectivity index (χ1) is 14.9. The Morgan fingerprint density at radius 3 is 2.32 bits per heavy atom. The minimum Gasteiger partial charge on any atom is -0.497 e. The topological polar surface area (TPSA) is 107 Å². The molecule has 0 saturated heterocycles. The summed E-state index contributed by atoms with van der Waals surface area (Å²) in [4.78, 5) is 16.6. The van der Waals surface area contributed by atoms with Gasteiger partial charge < -0.3 is 14.8 Å². The number of rotatable bonds is 8. The number of sulfonamides is 1. The Balaban J connectivity index is 1.45. The first-order valence-electron chi connectivity index (χ1n) is 9.65. The first-order valence-corrected chi connectivity index (χ1v) is 11.1. The van der Waals surface area contributed by atoms with Crippen LogP contribution in [-0.2, 0) is 10.0 Å². The van der Waals surface area contributed by atoms with Gasteiger partial charge in [0.2, 0.25) is 5.88 Å². The van der Waals surface area contributed by atoms with Gasteiger partial charge in [-0.15, -0.1) is 0 Å². The number of aromatic nitrogens is 1. The van der Waals surface area contributed by atoms with E-state index in [1.54, 1.807) is 54.7 Å². The molecule has 2 aromatic carbocycles. The van der Waals surface area contributed by atoms with Crippen LogP contribution in [0.3, 0.4) is 0 Å². The van der Waals surface area contributed by atoms with Crippen LogP contribution in [-0.4, -0.2) is 32.5 Å². The zero-order valence-electron chi connectivity index (χ0n) is 16.7. The maximum atomic E-state index is 12.6. The Labute approximate surface area is 180 Å². The van der Waals surface area contributed by atoms with Gasteiger partial charge in [0.1, 0.15) is 17.1 Å². The minimum atomic E-state index is -3.75. The Kier molecular flexibility index (Phi) is 5.77. The summed E-state index contributed by atoms with van der Waals surface area (Å²) >= 11 is 0. The van der Waals surface area contributed by atoms with Crippen molar-refractivity contribution >= 4 is 21.6 Å². The summed E-state index contributed by atoms with van der Waals surface area (Å²) in [7, 11) is -2.23. The monoisotopic (exact) mass is 439 g/mol. The summed E-state index contributed by atoms with van der Waals surface area (Å²) in [5, 5.41) is 2.91. The molecule has 31 heavy (non-hydrogen) atoms. The molecule has 1 aliphatic rings. The van der Waals surface area contributed by atoms with E-state index in [0.29, 0.717) is 22.7 Å². The first kappa shape index (κ1) is 20.7. The molecule has 0 radical (unpaired) electrons. The van der Waals surface area contributed by atoms with Gasteiger partial charge in [0, 0.05) is 17.9 Å². The van der Waals surface area contributed by atoms with E-state index in [1.165, 1.54) is 19.2 Å². The quantitative estimate of drug-likeness (QED) is 0.556. The summed E-state index contributed by atoms with van der Waals surface area (Å²) in [5.74, 6) is 0.952. The highest BCUT2D eigenvalue weighted by molar-refractivity contribution is 7.92. The van der Waals surface area contributed by atoms with E-state index in [4.69, 9.17) is 9.47 Å². The second-order valence-electron chi connectivity index (χ2n) is 7.01. The van der Waals surface area contributed by atoms with Crippen molar-refractivity contribution in [3.8, 4) is 17.4 Å². The van der Waals surface area contributed by atoms with E-state index >= 15 is 0 Å². The predicted molar refractivity (Wildman–Crippen MR) is 115 cm³/mol. The lowest BCUT2D eigenvalue weighted by Gasteiger charge is -2.11. The lowest BCUT2D eigenvalue weighted by molar-refractivity contribution is 0.0948. The van der Waals surface area contributed by atoms with E-state index < -0.39 is 10.0 Å². The zero-order valence-corrected chi connectivity index (χ0v) is 17.6. The second kappa shape index (κ2) is 8.65. The summed E-state index contributed by atoms with van der Waals surface area (Å²) in [5.41, 5.74) is 0.717. The number of nitrogens with zero attached hydrogens (tertiary/aromatic N) is 1. The van der Waals surface area contributed by atoms with Crippen molar-refractivity contribution in [3.63, 3.8) is 0 Å². The molecule has 0 spiro atoms. The highest BCUT2D eigenvalue weighted by Crippen LogP contribution is 2.27. The van der Waals surface area contributed by atoms with Crippen molar-refractivity contribution in [2.75, 3.05) is 11.8 Å². The van der Waals surface area contributed by atoms with Crippen molar-refractivity contribution in [2.45, 2.75) is 23.8 Å². The van der Waals surface area contributed by atoms with Gasteiger partial charge in [-0.05, 0) is 73.5 Å². The molecule has 160 valence electrons. The van der Waals surface area contributed by atoms with Crippen molar-refractivity contribution in [1.29, 1.82) is 0 Å². The van der Waals surface area contributed by atoms with Crippen molar-refractivity contribution in [1.82, 2.24) is 10.3 Å². The molecule has 1 heterocycles. The Morgan fingerprint density at radius 1 is 1.00 bits per heavy atom. The van der Waals surface area contributed by atoms with E-state index in [9.17, 15) is 13.2 Å². The zero-order chi connectivity index (χ0) is 21.8. The van der Waals surface area contributed by atoms with Gasteiger partial charge in [-0.3, -0.25) is 9.52 Å². The van der Waals surface area contributed by atoms with Crippen molar-refractivity contribution < 1.29 is 22.7 Å². The third-order valence-electron chi connectivity index (χ3n) is 4.62. The third-order valence-corrected chi connectivity index (χ3v) is 6.02. The highest BCUT2D eigenvalue weighted by Gasteiger charge is 2.25. The van der Waals surface area contributed by atoms with E-state index in [0.717, 1.165) is 12.8 Å². The van der Waals surface area contributed by atoms with Gasteiger partial charge in [0.15, 0.2) is 0 Å². The number of methoxy groups -OCH3 is 1. The largest absolute Gasteiger partial charge is 0.497 e. The molecular formula is C22H21N3O5S. The molecule has 0 unspecified atom stereocenters. The van der Waals surface area contributed by atoms with E-state index in [2.05, 4.69) is 15.0 Å². The van der Waals surface area contributed by atoms with Crippen LogP contribution in [0.2, 0.25) is 0 Å². The number of carbonyl (C=O) groups is 1. The molecule has 1 aromatic heterocycles. The molecule has 0 aliphatic heterocycles. The van der Waals surface area contributed by atoms with Crippen LogP contribution >= 0.6 is 0 Å². The lowest BCUT2D eigenvalue weighted by Crippen LogP contribution is -2.25. The number of hydrogen-bond acceptors (Lipinski definition) is 6. The normalized spacial score (nSPS) is 13.3. The third kappa shape index (κ3) is 5.13. The number of hydrogen-bond donors (Lipinski definition) is 2. The molecule has 1 saturated carbocycles. The average Bonchev–Trinajstić information content (AvgIpc) is 3.59. The highest BCUT2D eigenvalue weighted by atomic mass is 32.2. The number of benzene rings is 2. The number of pyridine rings is 1. The number of nitrogens with one attached hydrogen (secondary N) is 2. The maximum Gasteiger partial charge on any atom is 0.261 e. The van der Waals surface area contributed by atoms with Crippen LogP contribution in [0.5, 0.6) is 17.4 Å². The fraction of sp³-hybridized carbons (Fsp3) is 0.182. The van der Waals surface area contributed by atoms with E-state index in [-0.39, 0.29) is 22.7 Å². The Hall–Kier alpha value is -3.59. The lowest BCUT2D eigenvalue weighted by atomic mass is 10.2.